The number of ether oxygens (including phenoxy) is 2. The molecule has 3 rings (SSSR count). The number of carbonyl (C=O) groups is 1. The SMILES string of the molecule is CCN(c1cc(OC)c(OC)cc1C(=O)N1CCN(Cc2ccccc2)CC1)S(C)(=O)=O. The highest BCUT2D eigenvalue weighted by molar-refractivity contribution is 7.92. The van der Waals surface area contributed by atoms with Crippen molar-refractivity contribution >= 4 is 21.6 Å². The van der Waals surface area contributed by atoms with E-state index in [1.807, 2.05) is 18.2 Å². The minimum Gasteiger partial charge on any atom is -0.493 e. The van der Waals surface area contributed by atoms with Gasteiger partial charge in [-0.05, 0) is 18.6 Å². The predicted octanol–water partition coefficient (Wildman–Crippen LogP) is 2.45. The minimum atomic E-state index is -3.58. The first-order chi connectivity index (χ1) is 15.3. The third-order valence-electron chi connectivity index (χ3n) is 5.60. The zero-order chi connectivity index (χ0) is 23.3. The lowest BCUT2D eigenvalue weighted by Crippen LogP contribution is -2.48. The molecule has 174 valence electrons. The second kappa shape index (κ2) is 10.2. The number of nitrogens with zero attached hydrogens (tertiary/aromatic N) is 3. The van der Waals surface area contributed by atoms with Crippen LogP contribution in [0.4, 0.5) is 5.69 Å². The van der Waals surface area contributed by atoms with Crippen molar-refractivity contribution in [2.45, 2.75) is 13.5 Å². The van der Waals surface area contributed by atoms with Crippen molar-refractivity contribution in [2.75, 3.05) is 57.5 Å². The molecule has 0 N–H and O–H groups in total. The molecule has 0 unspecified atom stereocenters. The predicted molar refractivity (Wildman–Crippen MR) is 125 cm³/mol. The van der Waals surface area contributed by atoms with E-state index in [9.17, 15) is 13.2 Å². The van der Waals surface area contributed by atoms with Crippen molar-refractivity contribution in [1.29, 1.82) is 0 Å². The Labute approximate surface area is 190 Å². The van der Waals surface area contributed by atoms with Crippen molar-refractivity contribution in [2.24, 2.45) is 0 Å². The van der Waals surface area contributed by atoms with E-state index >= 15 is 0 Å². The number of amides is 1. The monoisotopic (exact) mass is 461 g/mol. The molecule has 2 aromatic carbocycles. The van der Waals surface area contributed by atoms with E-state index in [0.29, 0.717) is 30.3 Å². The Hall–Kier alpha value is -2.78. The molecule has 32 heavy (non-hydrogen) atoms. The van der Waals surface area contributed by atoms with Gasteiger partial charge in [0, 0.05) is 45.3 Å². The molecule has 0 radical (unpaired) electrons. The molecule has 1 saturated heterocycles. The van der Waals surface area contributed by atoms with E-state index in [1.165, 1.54) is 24.1 Å². The third-order valence-corrected chi connectivity index (χ3v) is 6.85. The lowest BCUT2D eigenvalue weighted by atomic mass is 10.1. The summed E-state index contributed by atoms with van der Waals surface area (Å²) in [5.74, 6) is 0.531. The number of rotatable bonds is 8. The molecule has 8 nitrogen and oxygen atoms in total. The van der Waals surface area contributed by atoms with E-state index in [1.54, 1.807) is 24.0 Å². The van der Waals surface area contributed by atoms with Crippen LogP contribution in [0.3, 0.4) is 0 Å². The number of anilines is 1. The van der Waals surface area contributed by atoms with Crippen LogP contribution in [0.1, 0.15) is 22.8 Å². The maximum Gasteiger partial charge on any atom is 0.256 e. The number of methoxy groups -OCH3 is 2. The van der Waals surface area contributed by atoms with Crippen LogP contribution in [0.25, 0.3) is 0 Å². The summed E-state index contributed by atoms with van der Waals surface area (Å²) in [6, 6.07) is 13.4. The molecule has 1 aliphatic heterocycles. The Balaban J connectivity index is 1.85. The van der Waals surface area contributed by atoms with Gasteiger partial charge in [0.25, 0.3) is 5.91 Å². The van der Waals surface area contributed by atoms with E-state index in [0.717, 1.165) is 25.9 Å². The van der Waals surface area contributed by atoms with Crippen LogP contribution in [-0.2, 0) is 16.6 Å². The highest BCUT2D eigenvalue weighted by Gasteiger charge is 2.29. The maximum absolute atomic E-state index is 13.5. The maximum atomic E-state index is 13.5. The summed E-state index contributed by atoms with van der Waals surface area (Å²) in [5.41, 5.74) is 1.82. The average molecular weight is 462 g/mol. The summed E-state index contributed by atoms with van der Waals surface area (Å²) >= 11 is 0. The second-order valence-corrected chi connectivity index (χ2v) is 9.61. The Morgan fingerprint density at radius 3 is 2.12 bits per heavy atom. The smallest absolute Gasteiger partial charge is 0.256 e. The summed E-state index contributed by atoms with van der Waals surface area (Å²) in [5, 5.41) is 0. The summed E-state index contributed by atoms with van der Waals surface area (Å²) in [7, 11) is -0.618. The average Bonchev–Trinajstić information content (AvgIpc) is 2.79. The zero-order valence-electron chi connectivity index (χ0n) is 19.1. The molecule has 9 heteroatoms. The highest BCUT2D eigenvalue weighted by atomic mass is 32.2. The molecule has 0 aliphatic carbocycles. The second-order valence-electron chi connectivity index (χ2n) is 7.71. The first-order valence-electron chi connectivity index (χ1n) is 10.6. The fourth-order valence-electron chi connectivity index (χ4n) is 3.95. The number of hydrogen-bond donors (Lipinski definition) is 0. The van der Waals surface area contributed by atoms with Gasteiger partial charge in [-0.15, -0.1) is 0 Å². The Bertz CT molecular complexity index is 1040. The third kappa shape index (κ3) is 5.34. The summed E-state index contributed by atoms with van der Waals surface area (Å²) in [4.78, 5) is 17.6. The summed E-state index contributed by atoms with van der Waals surface area (Å²) < 4.78 is 36.8. The van der Waals surface area contributed by atoms with Crippen molar-refractivity contribution < 1.29 is 22.7 Å². The van der Waals surface area contributed by atoms with E-state index < -0.39 is 10.0 Å². The largest absolute Gasteiger partial charge is 0.493 e. The van der Waals surface area contributed by atoms with Gasteiger partial charge in [0.1, 0.15) is 0 Å². The Morgan fingerprint density at radius 2 is 1.59 bits per heavy atom. The topological polar surface area (TPSA) is 79.4 Å². The van der Waals surface area contributed by atoms with Crippen LogP contribution in [-0.4, -0.2) is 77.3 Å². The quantitative estimate of drug-likeness (QED) is 0.601. The molecular weight excluding hydrogens is 430 g/mol. The Kier molecular flexibility index (Phi) is 7.63. The molecule has 1 aliphatic rings. The van der Waals surface area contributed by atoms with Crippen LogP contribution in [0.2, 0.25) is 0 Å². The zero-order valence-corrected chi connectivity index (χ0v) is 19.9. The van der Waals surface area contributed by atoms with Crippen LogP contribution in [0, 0.1) is 0 Å². The minimum absolute atomic E-state index is 0.194. The van der Waals surface area contributed by atoms with Gasteiger partial charge in [-0.25, -0.2) is 8.42 Å². The van der Waals surface area contributed by atoms with Crippen molar-refractivity contribution in [3.63, 3.8) is 0 Å². The van der Waals surface area contributed by atoms with Gasteiger partial charge < -0.3 is 14.4 Å². The van der Waals surface area contributed by atoms with E-state index in [4.69, 9.17) is 9.47 Å². The highest BCUT2D eigenvalue weighted by Crippen LogP contribution is 2.37. The lowest BCUT2D eigenvalue weighted by Gasteiger charge is -2.35. The molecule has 1 fully saturated rings. The first-order valence-corrected chi connectivity index (χ1v) is 12.4. The number of carbonyl (C=O) groups excluding carboxylic acids is 1. The van der Waals surface area contributed by atoms with E-state index in [2.05, 4.69) is 17.0 Å². The van der Waals surface area contributed by atoms with Gasteiger partial charge >= 0.3 is 0 Å². The number of piperazine rings is 1. The fraction of sp³-hybridized carbons (Fsp3) is 0.435. The molecule has 0 spiro atoms. The van der Waals surface area contributed by atoms with Crippen LogP contribution >= 0.6 is 0 Å². The number of sulfonamides is 1. The lowest BCUT2D eigenvalue weighted by molar-refractivity contribution is 0.0629. The van der Waals surface area contributed by atoms with Crippen LogP contribution in [0.5, 0.6) is 11.5 Å². The normalized spacial score (nSPS) is 14.8. The first kappa shape index (κ1) is 23.9. The van der Waals surface area contributed by atoms with Crippen LogP contribution in [0.15, 0.2) is 42.5 Å². The number of benzene rings is 2. The van der Waals surface area contributed by atoms with Gasteiger partial charge in [0.2, 0.25) is 10.0 Å². The van der Waals surface area contributed by atoms with Crippen molar-refractivity contribution in [1.82, 2.24) is 9.80 Å². The van der Waals surface area contributed by atoms with Gasteiger partial charge in [-0.1, -0.05) is 30.3 Å². The number of hydrogen-bond acceptors (Lipinski definition) is 6. The Morgan fingerprint density at radius 1 is 1.00 bits per heavy atom. The molecule has 1 amide bonds. The van der Waals surface area contributed by atoms with Gasteiger partial charge in [0.15, 0.2) is 11.5 Å². The molecule has 2 aromatic rings. The fourth-order valence-corrected chi connectivity index (χ4v) is 4.93. The van der Waals surface area contributed by atoms with Crippen molar-refractivity contribution in [3.8, 4) is 11.5 Å². The molecule has 0 aromatic heterocycles. The van der Waals surface area contributed by atoms with Gasteiger partial charge in [-0.2, -0.15) is 0 Å². The molecular formula is C23H31N3O5S. The standard InChI is InChI=1S/C23H31N3O5S/c1-5-26(32(4,28)29)20-16-22(31-3)21(30-2)15-19(20)23(27)25-13-11-24(12-14-25)17-18-9-7-6-8-10-18/h6-10,15-16H,5,11-14,17H2,1-4H3. The summed E-state index contributed by atoms with van der Waals surface area (Å²) in [6.07, 6.45) is 1.13. The summed E-state index contributed by atoms with van der Waals surface area (Å²) in [6.45, 7) is 5.37. The molecule has 0 saturated carbocycles. The van der Waals surface area contributed by atoms with Crippen molar-refractivity contribution in [3.05, 3.63) is 53.6 Å². The van der Waals surface area contributed by atoms with Gasteiger partial charge in [-0.3, -0.25) is 14.0 Å². The molecule has 0 bridgehead atoms. The molecule has 0 atom stereocenters. The van der Waals surface area contributed by atoms with Gasteiger partial charge in [0.05, 0.1) is 31.7 Å². The van der Waals surface area contributed by atoms with Crippen LogP contribution < -0.4 is 13.8 Å². The van der Waals surface area contributed by atoms with E-state index in [-0.39, 0.29) is 18.0 Å². The molecule has 1 heterocycles.